The van der Waals surface area contributed by atoms with Crippen molar-refractivity contribution in [1.29, 1.82) is 0 Å². The van der Waals surface area contributed by atoms with Gasteiger partial charge in [0.2, 0.25) is 0 Å². The van der Waals surface area contributed by atoms with Gasteiger partial charge in [-0.15, -0.1) is 0 Å². The maximum absolute atomic E-state index is 12.3. The molecule has 1 amide bonds. The Hall–Kier alpha value is -2.34. The van der Waals surface area contributed by atoms with Crippen molar-refractivity contribution in [3.05, 3.63) is 54.2 Å². The van der Waals surface area contributed by atoms with E-state index in [1.807, 2.05) is 30.3 Å². The van der Waals surface area contributed by atoms with Gasteiger partial charge in [0.25, 0.3) is 5.91 Å². The number of nitrogens with zero attached hydrogens (tertiary/aromatic N) is 2. The third-order valence-electron chi connectivity index (χ3n) is 3.73. The minimum atomic E-state index is -0.519. The molecule has 1 fully saturated rings. The van der Waals surface area contributed by atoms with E-state index in [9.17, 15) is 9.59 Å². The Morgan fingerprint density at radius 2 is 1.83 bits per heavy atom. The zero-order valence-corrected chi connectivity index (χ0v) is 14.0. The van der Waals surface area contributed by atoms with Crippen molar-refractivity contribution in [3.63, 3.8) is 0 Å². The number of aromatic nitrogens is 1. The number of esters is 1. The molecule has 0 radical (unpaired) electrons. The molecule has 6 heteroatoms. The summed E-state index contributed by atoms with van der Waals surface area (Å²) in [6.07, 6.45) is 3.66. The van der Waals surface area contributed by atoms with E-state index in [2.05, 4.69) is 4.98 Å². The Kier molecular flexibility index (Phi) is 5.48. The first-order chi connectivity index (χ1) is 11.7. The molecule has 0 N–H and O–H groups in total. The van der Waals surface area contributed by atoms with Crippen LogP contribution in [-0.4, -0.2) is 41.5 Å². The Morgan fingerprint density at radius 3 is 2.58 bits per heavy atom. The van der Waals surface area contributed by atoms with E-state index >= 15 is 0 Å². The highest BCUT2D eigenvalue weighted by Gasteiger charge is 2.21. The summed E-state index contributed by atoms with van der Waals surface area (Å²) in [4.78, 5) is 31.3. The third kappa shape index (κ3) is 4.14. The SMILES string of the molecule is O=C(OCC(=O)N1CCCC1)c1cccnc1Sc1ccccc1. The predicted molar refractivity (Wildman–Crippen MR) is 90.9 cm³/mol. The van der Waals surface area contributed by atoms with Gasteiger partial charge in [-0.2, -0.15) is 0 Å². The van der Waals surface area contributed by atoms with Gasteiger partial charge < -0.3 is 9.64 Å². The van der Waals surface area contributed by atoms with Crippen molar-refractivity contribution >= 4 is 23.6 Å². The Balaban J connectivity index is 1.65. The molecule has 1 aliphatic rings. The molecule has 0 saturated carbocycles. The van der Waals surface area contributed by atoms with Gasteiger partial charge in [-0.3, -0.25) is 4.79 Å². The summed E-state index contributed by atoms with van der Waals surface area (Å²) in [6.45, 7) is 1.28. The standard InChI is InChI=1S/C18H18N2O3S/c21-16(20-11-4-5-12-20)13-23-18(22)15-9-6-10-19-17(15)24-14-7-2-1-3-8-14/h1-3,6-10H,4-5,11-13H2. The van der Waals surface area contributed by atoms with E-state index in [-0.39, 0.29) is 12.5 Å². The highest BCUT2D eigenvalue weighted by atomic mass is 32.2. The predicted octanol–water partition coefficient (Wildman–Crippen LogP) is 3.01. The summed E-state index contributed by atoms with van der Waals surface area (Å²) in [5, 5.41) is 0.572. The number of rotatable bonds is 5. The van der Waals surface area contributed by atoms with Crippen molar-refractivity contribution < 1.29 is 14.3 Å². The molecule has 2 heterocycles. The number of ether oxygens (including phenoxy) is 1. The second-order valence-corrected chi connectivity index (χ2v) is 6.50. The maximum Gasteiger partial charge on any atom is 0.341 e. The molecule has 0 atom stereocenters. The number of amides is 1. The van der Waals surface area contributed by atoms with Crippen LogP contribution in [-0.2, 0) is 9.53 Å². The number of hydrogen-bond donors (Lipinski definition) is 0. The van der Waals surface area contributed by atoms with Crippen LogP contribution in [0.3, 0.4) is 0 Å². The van der Waals surface area contributed by atoms with E-state index in [1.54, 1.807) is 23.2 Å². The number of likely N-dealkylation sites (tertiary alicyclic amines) is 1. The summed E-state index contributed by atoms with van der Waals surface area (Å²) < 4.78 is 5.20. The second-order valence-electron chi connectivity index (χ2n) is 5.44. The van der Waals surface area contributed by atoms with E-state index in [4.69, 9.17) is 4.74 Å². The van der Waals surface area contributed by atoms with Crippen LogP contribution < -0.4 is 0 Å². The van der Waals surface area contributed by atoms with Crippen LogP contribution in [0.5, 0.6) is 0 Å². The van der Waals surface area contributed by atoms with Crippen LogP contribution >= 0.6 is 11.8 Å². The Bertz CT molecular complexity index is 715. The summed E-state index contributed by atoms with van der Waals surface area (Å²) in [5.74, 6) is -0.656. The maximum atomic E-state index is 12.3. The lowest BCUT2D eigenvalue weighted by Crippen LogP contribution is -2.32. The number of carbonyl (C=O) groups is 2. The zero-order valence-electron chi connectivity index (χ0n) is 13.2. The topological polar surface area (TPSA) is 59.5 Å². The van der Waals surface area contributed by atoms with E-state index < -0.39 is 5.97 Å². The van der Waals surface area contributed by atoms with Gasteiger partial charge in [-0.1, -0.05) is 30.0 Å². The lowest BCUT2D eigenvalue weighted by Gasteiger charge is -2.15. The molecule has 0 unspecified atom stereocenters. The molecule has 1 aliphatic heterocycles. The van der Waals surface area contributed by atoms with Gasteiger partial charge in [-0.05, 0) is 37.1 Å². The lowest BCUT2D eigenvalue weighted by molar-refractivity contribution is -0.133. The van der Waals surface area contributed by atoms with Gasteiger partial charge >= 0.3 is 5.97 Å². The van der Waals surface area contributed by atoms with Crippen molar-refractivity contribution in [2.75, 3.05) is 19.7 Å². The molecule has 24 heavy (non-hydrogen) atoms. The minimum absolute atomic E-state index is 0.137. The molecule has 0 bridgehead atoms. The monoisotopic (exact) mass is 342 g/mol. The van der Waals surface area contributed by atoms with Crippen molar-refractivity contribution in [2.24, 2.45) is 0 Å². The largest absolute Gasteiger partial charge is 0.452 e. The fourth-order valence-corrected chi connectivity index (χ4v) is 3.38. The van der Waals surface area contributed by atoms with Gasteiger partial charge in [0.15, 0.2) is 6.61 Å². The van der Waals surface area contributed by atoms with Crippen molar-refractivity contribution in [2.45, 2.75) is 22.8 Å². The van der Waals surface area contributed by atoms with Crippen LogP contribution in [0.1, 0.15) is 23.2 Å². The van der Waals surface area contributed by atoms with Gasteiger partial charge in [0.05, 0.1) is 5.56 Å². The minimum Gasteiger partial charge on any atom is -0.452 e. The number of pyridine rings is 1. The number of benzene rings is 1. The highest BCUT2D eigenvalue weighted by molar-refractivity contribution is 7.99. The number of carbonyl (C=O) groups excluding carboxylic acids is 2. The first-order valence-corrected chi connectivity index (χ1v) is 8.68. The summed E-state index contributed by atoms with van der Waals surface area (Å²) >= 11 is 1.39. The van der Waals surface area contributed by atoms with Crippen LogP contribution in [0.25, 0.3) is 0 Å². The molecule has 0 aliphatic carbocycles. The molecule has 124 valence electrons. The van der Waals surface area contributed by atoms with Gasteiger partial charge in [-0.25, -0.2) is 9.78 Å². The molecule has 1 aromatic carbocycles. The molecule has 0 spiro atoms. The molecule has 1 saturated heterocycles. The quantitative estimate of drug-likeness (QED) is 0.782. The van der Waals surface area contributed by atoms with E-state index in [0.717, 1.165) is 30.8 Å². The third-order valence-corrected chi connectivity index (χ3v) is 4.76. The summed E-state index contributed by atoms with van der Waals surface area (Å²) in [7, 11) is 0. The highest BCUT2D eigenvalue weighted by Crippen LogP contribution is 2.28. The molecule has 1 aromatic heterocycles. The summed E-state index contributed by atoms with van der Waals surface area (Å²) in [5.41, 5.74) is 0.376. The van der Waals surface area contributed by atoms with Crippen LogP contribution in [0.15, 0.2) is 58.6 Å². The smallest absolute Gasteiger partial charge is 0.341 e. The Labute approximate surface area is 145 Å². The van der Waals surface area contributed by atoms with E-state index in [0.29, 0.717) is 10.6 Å². The average molecular weight is 342 g/mol. The average Bonchev–Trinajstić information content (AvgIpc) is 3.15. The fraction of sp³-hybridized carbons (Fsp3) is 0.278. The van der Waals surface area contributed by atoms with Crippen molar-refractivity contribution in [3.8, 4) is 0 Å². The normalized spacial score (nSPS) is 13.8. The lowest BCUT2D eigenvalue weighted by atomic mass is 10.3. The summed E-state index contributed by atoms with van der Waals surface area (Å²) in [6, 6.07) is 13.0. The fourth-order valence-electron chi connectivity index (χ4n) is 2.49. The van der Waals surface area contributed by atoms with Crippen molar-refractivity contribution in [1.82, 2.24) is 9.88 Å². The molecule has 3 rings (SSSR count). The van der Waals surface area contributed by atoms with Crippen LogP contribution in [0.2, 0.25) is 0 Å². The second kappa shape index (κ2) is 7.97. The molecular formula is C18H18N2O3S. The van der Waals surface area contributed by atoms with Crippen LogP contribution in [0, 0.1) is 0 Å². The zero-order chi connectivity index (χ0) is 16.8. The first kappa shape index (κ1) is 16.5. The first-order valence-electron chi connectivity index (χ1n) is 7.87. The van der Waals surface area contributed by atoms with Gasteiger partial charge in [0, 0.05) is 24.2 Å². The molecule has 5 nitrogen and oxygen atoms in total. The van der Waals surface area contributed by atoms with Gasteiger partial charge in [0.1, 0.15) is 5.03 Å². The Morgan fingerprint density at radius 1 is 1.08 bits per heavy atom. The number of hydrogen-bond acceptors (Lipinski definition) is 5. The van der Waals surface area contributed by atoms with E-state index in [1.165, 1.54) is 11.8 Å². The molecule has 2 aromatic rings. The van der Waals surface area contributed by atoms with Crippen LogP contribution in [0.4, 0.5) is 0 Å². The molecular weight excluding hydrogens is 324 g/mol.